The van der Waals surface area contributed by atoms with Crippen LogP contribution in [0.3, 0.4) is 0 Å². The molecule has 1 heterocycles. The Labute approximate surface area is 96.6 Å². The molecule has 1 rings (SSSR count). The maximum Gasteiger partial charge on any atom is 0.222 e. The number of carbonyl (C=O) groups excluding carboxylic acids is 1. The number of carbonyl (C=O) groups is 1. The summed E-state index contributed by atoms with van der Waals surface area (Å²) >= 11 is 1.50. The third-order valence-electron chi connectivity index (χ3n) is 1.94. The van der Waals surface area contributed by atoms with Gasteiger partial charge in [0.2, 0.25) is 5.91 Å². The van der Waals surface area contributed by atoms with Gasteiger partial charge >= 0.3 is 0 Å². The standard InChI is InChI=1S/C10H15NO2S2/c1-11(2)9(12)5-4-8-15(13)10-6-3-7-14-10/h3,6-7H,4-5,8H2,1-2H3. The second-order valence-electron chi connectivity index (χ2n) is 3.37. The third-order valence-corrected chi connectivity index (χ3v) is 4.69. The molecule has 84 valence electrons. The molecule has 5 heteroatoms. The number of amides is 1. The summed E-state index contributed by atoms with van der Waals surface area (Å²) in [6, 6.07) is 3.76. The molecule has 0 aromatic carbocycles. The van der Waals surface area contributed by atoms with E-state index in [1.165, 1.54) is 11.3 Å². The van der Waals surface area contributed by atoms with E-state index in [1.807, 2.05) is 17.5 Å². The molecular weight excluding hydrogens is 230 g/mol. The first-order valence-electron chi connectivity index (χ1n) is 4.73. The summed E-state index contributed by atoms with van der Waals surface area (Å²) in [5.74, 6) is 0.665. The van der Waals surface area contributed by atoms with E-state index < -0.39 is 10.8 Å². The smallest absolute Gasteiger partial charge is 0.222 e. The van der Waals surface area contributed by atoms with Crippen LogP contribution in [0.15, 0.2) is 21.7 Å². The van der Waals surface area contributed by atoms with Crippen molar-refractivity contribution in [3.63, 3.8) is 0 Å². The Hall–Kier alpha value is -0.680. The van der Waals surface area contributed by atoms with Crippen molar-refractivity contribution in [2.75, 3.05) is 19.8 Å². The first kappa shape index (κ1) is 12.4. The van der Waals surface area contributed by atoms with Crippen LogP contribution in [0.4, 0.5) is 0 Å². The number of thiophene rings is 1. The molecule has 0 bridgehead atoms. The van der Waals surface area contributed by atoms with Crippen LogP contribution in [0, 0.1) is 0 Å². The second kappa shape index (κ2) is 6.02. The molecule has 0 aliphatic rings. The topological polar surface area (TPSA) is 37.4 Å². The summed E-state index contributed by atoms with van der Waals surface area (Å²) in [4.78, 5) is 12.8. The first-order valence-corrected chi connectivity index (χ1v) is 6.93. The van der Waals surface area contributed by atoms with E-state index in [4.69, 9.17) is 0 Å². The Morgan fingerprint density at radius 1 is 1.53 bits per heavy atom. The molecule has 1 aromatic rings. The molecule has 0 saturated carbocycles. The van der Waals surface area contributed by atoms with Crippen LogP contribution in [0.25, 0.3) is 0 Å². The van der Waals surface area contributed by atoms with Crippen molar-refractivity contribution in [1.82, 2.24) is 4.90 Å². The SMILES string of the molecule is CN(C)C(=O)CCCS(=O)c1cccs1. The van der Waals surface area contributed by atoms with Gasteiger partial charge in [-0.15, -0.1) is 11.3 Å². The van der Waals surface area contributed by atoms with Gasteiger partial charge in [-0.1, -0.05) is 6.07 Å². The third kappa shape index (κ3) is 4.13. The minimum absolute atomic E-state index is 0.0955. The van der Waals surface area contributed by atoms with Crippen LogP contribution in [0.1, 0.15) is 12.8 Å². The highest BCUT2D eigenvalue weighted by Gasteiger charge is 2.07. The van der Waals surface area contributed by atoms with Crippen molar-refractivity contribution in [1.29, 1.82) is 0 Å². The zero-order chi connectivity index (χ0) is 11.3. The number of nitrogens with zero attached hydrogens (tertiary/aromatic N) is 1. The molecule has 1 atom stereocenters. The summed E-state index contributed by atoms with van der Waals surface area (Å²) in [5.41, 5.74) is 0. The Morgan fingerprint density at radius 2 is 2.27 bits per heavy atom. The van der Waals surface area contributed by atoms with Crippen molar-refractivity contribution >= 4 is 28.0 Å². The van der Waals surface area contributed by atoms with Crippen LogP contribution in [0.2, 0.25) is 0 Å². The lowest BCUT2D eigenvalue weighted by molar-refractivity contribution is -0.128. The Morgan fingerprint density at radius 3 is 2.80 bits per heavy atom. The molecule has 1 aromatic heterocycles. The summed E-state index contributed by atoms with van der Waals surface area (Å²) in [7, 11) is 2.54. The molecule has 0 N–H and O–H groups in total. The molecule has 0 spiro atoms. The van der Waals surface area contributed by atoms with Gasteiger partial charge in [-0.25, -0.2) is 0 Å². The summed E-state index contributed by atoms with van der Waals surface area (Å²) in [6.07, 6.45) is 1.16. The van der Waals surface area contributed by atoms with Gasteiger partial charge in [0.25, 0.3) is 0 Å². The first-order chi connectivity index (χ1) is 7.11. The molecule has 1 unspecified atom stereocenters. The zero-order valence-corrected chi connectivity index (χ0v) is 10.6. The average Bonchev–Trinajstić information content (AvgIpc) is 2.70. The van der Waals surface area contributed by atoms with Crippen LogP contribution in [-0.2, 0) is 15.6 Å². The predicted octanol–water partition coefficient (Wildman–Crippen LogP) is 1.72. The lowest BCUT2D eigenvalue weighted by atomic mass is 10.3. The molecule has 15 heavy (non-hydrogen) atoms. The largest absolute Gasteiger partial charge is 0.349 e. The monoisotopic (exact) mass is 245 g/mol. The zero-order valence-electron chi connectivity index (χ0n) is 8.93. The van der Waals surface area contributed by atoms with Gasteiger partial charge in [0, 0.05) is 26.3 Å². The molecule has 0 radical (unpaired) electrons. The summed E-state index contributed by atoms with van der Waals surface area (Å²) < 4.78 is 12.5. The molecule has 3 nitrogen and oxygen atoms in total. The molecule has 1 amide bonds. The van der Waals surface area contributed by atoms with Crippen molar-refractivity contribution in [3.05, 3.63) is 17.5 Å². The van der Waals surface area contributed by atoms with Gasteiger partial charge in [0.05, 0.1) is 15.0 Å². The van der Waals surface area contributed by atoms with E-state index in [0.717, 1.165) is 4.21 Å². The number of rotatable bonds is 5. The van der Waals surface area contributed by atoms with Crippen molar-refractivity contribution < 1.29 is 9.00 Å². The van der Waals surface area contributed by atoms with E-state index in [-0.39, 0.29) is 5.91 Å². The van der Waals surface area contributed by atoms with Gasteiger partial charge < -0.3 is 4.90 Å². The lowest BCUT2D eigenvalue weighted by Crippen LogP contribution is -2.21. The van der Waals surface area contributed by atoms with E-state index in [9.17, 15) is 9.00 Å². The highest BCUT2D eigenvalue weighted by molar-refractivity contribution is 7.87. The summed E-state index contributed by atoms with van der Waals surface area (Å²) in [6.45, 7) is 0. The Kier molecular flexibility index (Phi) is 4.98. The van der Waals surface area contributed by atoms with Crippen LogP contribution < -0.4 is 0 Å². The quantitative estimate of drug-likeness (QED) is 0.792. The van der Waals surface area contributed by atoms with Gasteiger partial charge in [-0.2, -0.15) is 0 Å². The minimum Gasteiger partial charge on any atom is -0.349 e. The molecular formula is C10H15NO2S2. The van der Waals surface area contributed by atoms with Crippen molar-refractivity contribution in [2.45, 2.75) is 17.1 Å². The van der Waals surface area contributed by atoms with Crippen LogP contribution >= 0.6 is 11.3 Å². The van der Waals surface area contributed by atoms with Gasteiger partial charge in [-0.3, -0.25) is 9.00 Å². The van der Waals surface area contributed by atoms with E-state index in [0.29, 0.717) is 18.6 Å². The fraction of sp³-hybridized carbons (Fsp3) is 0.500. The van der Waals surface area contributed by atoms with Gasteiger partial charge in [-0.05, 0) is 17.9 Å². The van der Waals surface area contributed by atoms with Crippen molar-refractivity contribution in [2.24, 2.45) is 0 Å². The normalized spacial score (nSPS) is 12.4. The van der Waals surface area contributed by atoms with Gasteiger partial charge in [0.1, 0.15) is 0 Å². The van der Waals surface area contributed by atoms with Crippen molar-refractivity contribution in [3.8, 4) is 0 Å². The van der Waals surface area contributed by atoms with Gasteiger partial charge in [0.15, 0.2) is 0 Å². The highest BCUT2D eigenvalue weighted by atomic mass is 32.2. The maximum absolute atomic E-state index is 11.7. The lowest BCUT2D eigenvalue weighted by Gasteiger charge is -2.09. The van der Waals surface area contributed by atoms with Crippen LogP contribution in [-0.4, -0.2) is 34.9 Å². The Bertz CT molecular complexity index is 333. The average molecular weight is 245 g/mol. The molecule has 0 aliphatic carbocycles. The van der Waals surface area contributed by atoms with Crippen LogP contribution in [0.5, 0.6) is 0 Å². The maximum atomic E-state index is 11.7. The second-order valence-corrected chi connectivity index (χ2v) is 6.12. The molecule has 0 saturated heterocycles. The molecule has 0 fully saturated rings. The number of hydrogen-bond acceptors (Lipinski definition) is 3. The van der Waals surface area contributed by atoms with E-state index >= 15 is 0 Å². The fourth-order valence-corrected chi connectivity index (χ4v) is 3.20. The summed E-state index contributed by atoms with van der Waals surface area (Å²) in [5, 5.41) is 1.91. The molecule has 0 aliphatic heterocycles. The minimum atomic E-state index is -0.934. The Balaban J connectivity index is 2.27. The highest BCUT2D eigenvalue weighted by Crippen LogP contribution is 2.14. The van der Waals surface area contributed by atoms with E-state index in [1.54, 1.807) is 19.0 Å². The number of hydrogen-bond donors (Lipinski definition) is 0. The fourth-order valence-electron chi connectivity index (χ4n) is 1.07. The predicted molar refractivity (Wildman–Crippen MR) is 63.5 cm³/mol. The van der Waals surface area contributed by atoms with E-state index in [2.05, 4.69) is 0 Å².